The third-order valence-corrected chi connectivity index (χ3v) is 3.42. The van der Waals surface area contributed by atoms with Crippen LogP contribution in [0.5, 0.6) is 0 Å². The summed E-state index contributed by atoms with van der Waals surface area (Å²) in [6.45, 7) is 6.08. The first-order valence-corrected chi connectivity index (χ1v) is 6.20. The van der Waals surface area contributed by atoms with Crippen molar-refractivity contribution in [2.24, 2.45) is 17.6 Å². The van der Waals surface area contributed by atoms with Gasteiger partial charge in [0.1, 0.15) is 0 Å². The predicted octanol–water partition coefficient (Wildman–Crippen LogP) is 0.591. The summed E-state index contributed by atoms with van der Waals surface area (Å²) in [7, 11) is 0. The number of aliphatic hydroxyl groups is 1. The maximum Gasteiger partial charge on any atom is 0.222 e. The molecule has 94 valence electrons. The number of hydrogen-bond acceptors (Lipinski definition) is 3. The van der Waals surface area contributed by atoms with E-state index in [0.29, 0.717) is 37.9 Å². The summed E-state index contributed by atoms with van der Waals surface area (Å²) in [5.74, 6) is 1.30. The highest BCUT2D eigenvalue weighted by Crippen LogP contribution is 2.21. The van der Waals surface area contributed by atoms with Crippen molar-refractivity contribution >= 4 is 5.91 Å². The summed E-state index contributed by atoms with van der Waals surface area (Å²) >= 11 is 0. The van der Waals surface area contributed by atoms with Crippen LogP contribution in [0.4, 0.5) is 0 Å². The van der Waals surface area contributed by atoms with Gasteiger partial charge in [-0.1, -0.05) is 13.8 Å². The Hall–Kier alpha value is -0.610. The summed E-state index contributed by atoms with van der Waals surface area (Å²) in [6.07, 6.45) is 2.21. The Morgan fingerprint density at radius 1 is 1.44 bits per heavy atom. The number of nitrogens with zero attached hydrogens (tertiary/aromatic N) is 1. The average Bonchev–Trinajstić information content (AvgIpc) is 2.18. The third kappa shape index (κ3) is 3.76. The molecule has 1 saturated heterocycles. The van der Waals surface area contributed by atoms with E-state index < -0.39 is 0 Å². The molecule has 4 nitrogen and oxygen atoms in total. The van der Waals surface area contributed by atoms with E-state index in [2.05, 4.69) is 13.8 Å². The van der Waals surface area contributed by atoms with Gasteiger partial charge in [0, 0.05) is 19.5 Å². The topological polar surface area (TPSA) is 66.6 Å². The van der Waals surface area contributed by atoms with Gasteiger partial charge in [-0.2, -0.15) is 0 Å². The fourth-order valence-electron chi connectivity index (χ4n) is 2.15. The van der Waals surface area contributed by atoms with Gasteiger partial charge in [0.15, 0.2) is 0 Å². The lowest BCUT2D eigenvalue weighted by atomic mass is 9.88. The molecule has 0 aromatic heterocycles. The Balaban J connectivity index is 2.23. The highest BCUT2D eigenvalue weighted by molar-refractivity contribution is 5.77. The van der Waals surface area contributed by atoms with Crippen LogP contribution in [0.3, 0.4) is 0 Å². The molecule has 1 aliphatic rings. The lowest BCUT2D eigenvalue weighted by Crippen LogP contribution is -2.53. The molecule has 4 heteroatoms. The zero-order valence-corrected chi connectivity index (χ0v) is 10.4. The number of carbonyl (C=O) groups is 1. The summed E-state index contributed by atoms with van der Waals surface area (Å²) in [5.41, 5.74) is 5.56. The molecular formula is C12H24N2O2. The van der Waals surface area contributed by atoms with Gasteiger partial charge < -0.3 is 15.7 Å². The van der Waals surface area contributed by atoms with Crippen LogP contribution in [0.25, 0.3) is 0 Å². The SMILES string of the molecule is CC(C)C(CCN)CCC(=O)N1CC(O)C1. The first-order chi connectivity index (χ1) is 7.54. The van der Waals surface area contributed by atoms with Crippen molar-refractivity contribution in [3.8, 4) is 0 Å². The van der Waals surface area contributed by atoms with E-state index in [-0.39, 0.29) is 12.0 Å². The zero-order valence-electron chi connectivity index (χ0n) is 10.4. The number of rotatable bonds is 6. The maximum atomic E-state index is 11.7. The van der Waals surface area contributed by atoms with Gasteiger partial charge in [-0.25, -0.2) is 0 Å². The molecule has 0 saturated carbocycles. The number of hydrogen-bond donors (Lipinski definition) is 2. The summed E-state index contributed by atoms with van der Waals surface area (Å²) in [5, 5.41) is 9.11. The van der Waals surface area contributed by atoms with E-state index >= 15 is 0 Å². The van der Waals surface area contributed by atoms with E-state index in [4.69, 9.17) is 10.8 Å². The van der Waals surface area contributed by atoms with Gasteiger partial charge >= 0.3 is 0 Å². The average molecular weight is 228 g/mol. The van der Waals surface area contributed by atoms with E-state index in [1.165, 1.54) is 0 Å². The molecule has 16 heavy (non-hydrogen) atoms. The second-order valence-electron chi connectivity index (χ2n) is 5.07. The Bertz CT molecular complexity index is 225. The minimum absolute atomic E-state index is 0.174. The largest absolute Gasteiger partial charge is 0.389 e. The number of likely N-dealkylation sites (tertiary alicyclic amines) is 1. The quantitative estimate of drug-likeness (QED) is 0.699. The molecule has 1 fully saturated rings. The summed E-state index contributed by atoms with van der Waals surface area (Å²) in [6, 6.07) is 0. The molecule has 1 heterocycles. The number of carbonyl (C=O) groups excluding carboxylic acids is 1. The molecule has 0 spiro atoms. The summed E-state index contributed by atoms with van der Waals surface area (Å²) < 4.78 is 0. The smallest absolute Gasteiger partial charge is 0.222 e. The van der Waals surface area contributed by atoms with Gasteiger partial charge in [0.2, 0.25) is 5.91 Å². The Labute approximate surface area is 97.8 Å². The Morgan fingerprint density at radius 3 is 2.50 bits per heavy atom. The Kier molecular flexibility index (Phi) is 5.22. The van der Waals surface area contributed by atoms with E-state index in [1.807, 2.05) is 0 Å². The van der Waals surface area contributed by atoms with Crippen molar-refractivity contribution in [3.63, 3.8) is 0 Å². The normalized spacial score (nSPS) is 18.7. The molecule has 0 bridgehead atoms. The predicted molar refractivity (Wildman–Crippen MR) is 63.8 cm³/mol. The van der Waals surface area contributed by atoms with Gasteiger partial charge in [-0.3, -0.25) is 4.79 Å². The summed E-state index contributed by atoms with van der Waals surface area (Å²) in [4.78, 5) is 13.4. The molecule has 1 unspecified atom stereocenters. The van der Waals surface area contributed by atoms with Gasteiger partial charge in [0.05, 0.1) is 6.10 Å². The third-order valence-electron chi connectivity index (χ3n) is 3.42. The van der Waals surface area contributed by atoms with Crippen molar-refractivity contribution in [3.05, 3.63) is 0 Å². The van der Waals surface area contributed by atoms with E-state index in [1.54, 1.807) is 4.90 Å². The van der Waals surface area contributed by atoms with Crippen molar-refractivity contribution in [2.45, 2.75) is 39.2 Å². The van der Waals surface area contributed by atoms with Gasteiger partial charge in [0.25, 0.3) is 0 Å². The minimum atomic E-state index is -0.297. The van der Waals surface area contributed by atoms with Crippen LogP contribution in [0.15, 0.2) is 0 Å². The zero-order chi connectivity index (χ0) is 12.1. The molecule has 1 rings (SSSR count). The molecule has 0 radical (unpaired) electrons. The van der Waals surface area contributed by atoms with Crippen molar-refractivity contribution in [1.29, 1.82) is 0 Å². The first kappa shape index (κ1) is 13.5. The van der Waals surface area contributed by atoms with Crippen LogP contribution in [-0.2, 0) is 4.79 Å². The van der Waals surface area contributed by atoms with Crippen LogP contribution >= 0.6 is 0 Å². The molecule has 0 aliphatic carbocycles. The standard InChI is InChI=1S/C12H24N2O2/c1-9(2)10(5-6-13)3-4-12(16)14-7-11(15)8-14/h9-11,15H,3-8,13H2,1-2H3. The van der Waals surface area contributed by atoms with E-state index in [0.717, 1.165) is 12.8 Å². The van der Waals surface area contributed by atoms with Crippen molar-refractivity contribution in [2.75, 3.05) is 19.6 Å². The number of β-amino-alcohol motifs (C(OH)–C–C–N with tert-alkyl or cyclic N) is 1. The molecule has 1 amide bonds. The maximum absolute atomic E-state index is 11.7. The monoisotopic (exact) mass is 228 g/mol. The molecule has 3 N–H and O–H groups in total. The minimum Gasteiger partial charge on any atom is -0.389 e. The molecule has 0 aromatic carbocycles. The lowest BCUT2D eigenvalue weighted by Gasteiger charge is -2.36. The second kappa shape index (κ2) is 6.21. The number of aliphatic hydroxyl groups excluding tert-OH is 1. The second-order valence-corrected chi connectivity index (χ2v) is 5.07. The van der Waals surface area contributed by atoms with Crippen LogP contribution in [-0.4, -0.2) is 41.7 Å². The molecular weight excluding hydrogens is 204 g/mol. The molecule has 1 atom stereocenters. The number of amides is 1. The van der Waals surface area contributed by atoms with Crippen LogP contribution < -0.4 is 5.73 Å². The van der Waals surface area contributed by atoms with Crippen LogP contribution in [0.1, 0.15) is 33.1 Å². The number of nitrogens with two attached hydrogens (primary N) is 1. The van der Waals surface area contributed by atoms with Gasteiger partial charge in [-0.15, -0.1) is 0 Å². The Morgan fingerprint density at radius 2 is 2.06 bits per heavy atom. The fraction of sp³-hybridized carbons (Fsp3) is 0.917. The van der Waals surface area contributed by atoms with Crippen LogP contribution in [0.2, 0.25) is 0 Å². The lowest BCUT2D eigenvalue weighted by molar-refractivity contribution is -0.141. The highest BCUT2D eigenvalue weighted by atomic mass is 16.3. The van der Waals surface area contributed by atoms with Crippen molar-refractivity contribution < 1.29 is 9.90 Å². The van der Waals surface area contributed by atoms with Gasteiger partial charge in [-0.05, 0) is 31.2 Å². The van der Waals surface area contributed by atoms with Crippen molar-refractivity contribution in [1.82, 2.24) is 4.90 Å². The fourth-order valence-corrected chi connectivity index (χ4v) is 2.15. The first-order valence-electron chi connectivity index (χ1n) is 6.20. The molecule has 1 aliphatic heterocycles. The molecule has 0 aromatic rings. The van der Waals surface area contributed by atoms with Crippen LogP contribution in [0, 0.1) is 11.8 Å². The van der Waals surface area contributed by atoms with E-state index in [9.17, 15) is 4.79 Å². The highest BCUT2D eigenvalue weighted by Gasteiger charge is 2.28.